The van der Waals surface area contributed by atoms with Crippen molar-refractivity contribution >= 4 is 50.1 Å². The molecule has 1 unspecified atom stereocenters. The Bertz CT molecular complexity index is 1550. The molecular formula is C29H25BrClNO5. The predicted octanol–water partition coefficient (Wildman–Crippen LogP) is 7.54. The van der Waals surface area contributed by atoms with Crippen LogP contribution in [0.5, 0.6) is 11.5 Å². The van der Waals surface area contributed by atoms with Crippen LogP contribution in [-0.2, 0) is 0 Å². The summed E-state index contributed by atoms with van der Waals surface area (Å²) in [6, 6.07) is 16.9. The number of unbranched alkanes of at least 4 members (excludes halogenated alkanes) is 1. The summed E-state index contributed by atoms with van der Waals surface area (Å²) in [6.07, 6.45) is 1.93. The first-order chi connectivity index (χ1) is 17.9. The molecule has 3 aromatic carbocycles. The van der Waals surface area contributed by atoms with Crippen molar-refractivity contribution in [2.45, 2.75) is 32.7 Å². The number of anilines is 1. The van der Waals surface area contributed by atoms with Gasteiger partial charge in [-0.25, -0.2) is 0 Å². The summed E-state index contributed by atoms with van der Waals surface area (Å²) in [5.41, 5.74) is 1.61. The highest BCUT2D eigenvalue weighted by atomic mass is 79.9. The number of fused-ring (bicyclic) bond motifs is 2. The van der Waals surface area contributed by atoms with Crippen LogP contribution < -0.4 is 19.8 Å². The summed E-state index contributed by atoms with van der Waals surface area (Å²) in [5.74, 6) is 0.778. The zero-order valence-corrected chi connectivity index (χ0v) is 22.8. The lowest BCUT2D eigenvalue weighted by Crippen LogP contribution is -2.29. The Balaban J connectivity index is 1.72. The summed E-state index contributed by atoms with van der Waals surface area (Å²) >= 11 is 9.73. The largest absolute Gasteiger partial charge is 0.490 e. The Morgan fingerprint density at radius 1 is 1.00 bits per heavy atom. The molecule has 0 aliphatic carbocycles. The number of amides is 1. The first-order valence-corrected chi connectivity index (χ1v) is 13.3. The van der Waals surface area contributed by atoms with Crippen LogP contribution in [0.2, 0.25) is 5.02 Å². The second-order valence-electron chi connectivity index (χ2n) is 8.71. The Kier molecular flexibility index (Phi) is 7.26. The molecule has 1 atom stereocenters. The number of hydrogen-bond acceptors (Lipinski definition) is 5. The Morgan fingerprint density at radius 3 is 2.59 bits per heavy atom. The summed E-state index contributed by atoms with van der Waals surface area (Å²) < 4.78 is 18.6. The van der Waals surface area contributed by atoms with Crippen molar-refractivity contribution in [3.63, 3.8) is 0 Å². The summed E-state index contributed by atoms with van der Waals surface area (Å²) in [7, 11) is 0. The molecule has 1 amide bonds. The molecule has 8 heteroatoms. The van der Waals surface area contributed by atoms with Gasteiger partial charge in [-0.15, -0.1) is 0 Å². The van der Waals surface area contributed by atoms with E-state index >= 15 is 0 Å². The summed E-state index contributed by atoms with van der Waals surface area (Å²) in [6.45, 7) is 5.00. The maximum atomic E-state index is 13.9. The maximum Gasteiger partial charge on any atom is 0.295 e. The molecule has 2 heterocycles. The molecule has 0 N–H and O–H groups in total. The average molecular weight is 583 g/mol. The number of benzene rings is 3. The molecule has 0 spiro atoms. The van der Waals surface area contributed by atoms with Crippen LogP contribution in [0.4, 0.5) is 5.69 Å². The third kappa shape index (κ3) is 4.74. The fraction of sp³-hybridized carbons (Fsp3) is 0.241. The minimum atomic E-state index is -0.746. The van der Waals surface area contributed by atoms with Gasteiger partial charge in [-0.3, -0.25) is 14.5 Å². The van der Waals surface area contributed by atoms with Crippen LogP contribution in [0, 0.1) is 0 Å². The number of carbonyl (C=O) groups is 1. The fourth-order valence-electron chi connectivity index (χ4n) is 4.56. The summed E-state index contributed by atoms with van der Waals surface area (Å²) in [4.78, 5) is 29.2. The van der Waals surface area contributed by atoms with E-state index in [2.05, 4.69) is 22.9 Å². The van der Waals surface area contributed by atoms with E-state index < -0.39 is 11.9 Å². The van der Waals surface area contributed by atoms with E-state index in [9.17, 15) is 9.59 Å². The van der Waals surface area contributed by atoms with E-state index in [0.29, 0.717) is 52.0 Å². The van der Waals surface area contributed by atoms with Crippen molar-refractivity contribution in [1.82, 2.24) is 0 Å². The van der Waals surface area contributed by atoms with Crippen LogP contribution in [0.3, 0.4) is 0 Å². The normalized spacial score (nSPS) is 14.8. The van der Waals surface area contributed by atoms with E-state index in [1.54, 1.807) is 47.4 Å². The van der Waals surface area contributed by atoms with Crippen molar-refractivity contribution < 1.29 is 18.7 Å². The Hall–Kier alpha value is -3.29. The van der Waals surface area contributed by atoms with Crippen molar-refractivity contribution in [2.24, 2.45) is 0 Å². The molecule has 1 aromatic heterocycles. The van der Waals surface area contributed by atoms with Gasteiger partial charge >= 0.3 is 0 Å². The predicted molar refractivity (Wildman–Crippen MR) is 148 cm³/mol. The third-order valence-electron chi connectivity index (χ3n) is 6.26. The van der Waals surface area contributed by atoms with Crippen molar-refractivity contribution in [3.05, 3.63) is 97.3 Å². The zero-order valence-electron chi connectivity index (χ0n) is 20.4. The summed E-state index contributed by atoms with van der Waals surface area (Å²) in [5, 5.41) is 0.867. The van der Waals surface area contributed by atoms with Crippen molar-refractivity contribution in [1.29, 1.82) is 0 Å². The SMILES string of the molecule is CCCCOc1ccc(C2c3c(oc4ccc(Br)cc4c3=O)C(=O)N2c2cccc(Cl)c2)cc1OCC. The molecule has 5 rings (SSSR count). The average Bonchev–Trinajstić information content (AvgIpc) is 3.18. The lowest BCUT2D eigenvalue weighted by atomic mass is 9.97. The lowest BCUT2D eigenvalue weighted by Gasteiger charge is -2.26. The van der Waals surface area contributed by atoms with E-state index in [1.807, 2.05) is 25.1 Å². The Labute approximate surface area is 227 Å². The molecule has 1 aliphatic rings. The zero-order chi connectivity index (χ0) is 26.1. The molecule has 0 radical (unpaired) electrons. The number of hydrogen-bond donors (Lipinski definition) is 0. The van der Waals surface area contributed by atoms with Crippen molar-refractivity contribution in [3.8, 4) is 11.5 Å². The van der Waals surface area contributed by atoms with Crippen molar-refractivity contribution in [2.75, 3.05) is 18.1 Å². The number of ether oxygens (including phenoxy) is 2. The molecule has 0 saturated carbocycles. The lowest BCUT2D eigenvalue weighted by molar-refractivity contribution is 0.0971. The first-order valence-electron chi connectivity index (χ1n) is 12.2. The van der Waals surface area contributed by atoms with Crippen LogP contribution in [0.1, 0.15) is 54.4 Å². The van der Waals surface area contributed by atoms with Crippen LogP contribution in [0.15, 0.2) is 74.3 Å². The van der Waals surface area contributed by atoms with E-state index in [1.165, 1.54) is 0 Å². The van der Waals surface area contributed by atoms with Gasteiger partial charge in [0, 0.05) is 15.2 Å². The molecule has 0 saturated heterocycles. The molecule has 0 bridgehead atoms. The van der Waals surface area contributed by atoms with Gasteiger partial charge in [0.1, 0.15) is 5.58 Å². The second kappa shape index (κ2) is 10.6. The minimum absolute atomic E-state index is 0.0195. The molecule has 37 heavy (non-hydrogen) atoms. The molecule has 6 nitrogen and oxygen atoms in total. The molecular weight excluding hydrogens is 558 g/mol. The molecule has 4 aromatic rings. The smallest absolute Gasteiger partial charge is 0.295 e. The van der Waals surface area contributed by atoms with E-state index in [0.717, 1.165) is 17.3 Å². The van der Waals surface area contributed by atoms with Gasteiger partial charge < -0.3 is 13.9 Å². The van der Waals surface area contributed by atoms with Gasteiger partial charge in [-0.05, 0) is 67.4 Å². The van der Waals surface area contributed by atoms with Crippen LogP contribution in [0.25, 0.3) is 11.0 Å². The van der Waals surface area contributed by atoms with Gasteiger partial charge in [-0.1, -0.05) is 53.0 Å². The number of halogens is 2. The number of nitrogens with zero attached hydrogens (tertiary/aromatic N) is 1. The quantitative estimate of drug-likeness (QED) is 0.201. The fourth-order valence-corrected chi connectivity index (χ4v) is 5.11. The minimum Gasteiger partial charge on any atom is -0.490 e. The maximum absolute atomic E-state index is 13.9. The molecule has 0 fully saturated rings. The Morgan fingerprint density at radius 2 is 1.84 bits per heavy atom. The van der Waals surface area contributed by atoms with Gasteiger partial charge in [0.05, 0.1) is 30.2 Å². The van der Waals surface area contributed by atoms with Gasteiger partial charge in [0.2, 0.25) is 5.76 Å². The van der Waals surface area contributed by atoms with Gasteiger partial charge in [-0.2, -0.15) is 0 Å². The highest BCUT2D eigenvalue weighted by molar-refractivity contribution is 9.10. The first kappa shape index (κ1) is 25.4. The monoisotopic (exact) mass is 581 g/mol. The van der Waals surface area contributed by atoms with Crippen LogP contribution >= 0.6 is 27.5 Å². The molecule has 1 aliphatic heterocycles. The van der Waals surface area contributed by atoms with Gasteiger partial charge in [0.25, 0.3) is 5.91 Å². The highest BCUT2D eigenvalue weighted by Gasteiger charge is 2.44. The molecule has 190 valence electrons. The standard InChI is InChI=1S/C29H25BrClNO5/c1-3-5-13-36-23-11-9-17(14-24(23)35-4-2)26-25-27(33)21-15-18(30)10-12-22(21)37-28(25)29(34)32(26)20-8-6-7-19(31)16-20/h6-12,14-16,26H,3-5,13H2,1-2H3. The van der Waals surface area contributed by atoms with Crippen LogP contribution in [-0.4, -0.2) is 19.1 Å². The second-order valence-corrected chi connectivity index (χ2v) is 10.1. The van der Waals surface area contributed by atoms with Gasteiger partial charge in [0.15, 0.2) is 16.9 Å². The van der Waals surface area contributed by atoms with E-state index in [-0.39, 0.29) is 16.8 Å². The number of carbonyl (C=O) groups excluding carboxylic acids is 1. The third-order valence-corrected chi connectivity index (χ3v) is 6.99. The highest BCUT2D eigenvalue weighted by Crippen LogP contribution is 2.44. The number of rotatable bonds is 8. The topological polar surface area (TPSA) is 69.0 Å². The van der Waals surface area contributed by atoms with E-state index in [4.69, 9.17) is 25.5 Å².